The molecule has 5 nitrogen and oxygen atoms in total. The summed E-state index contributed by atoms with van der Waals surface area (Å²) in [4.78, 5) is 37.2. The molecule has 0 bridgehead atoms. The molecule has 1 aromatic rings. The summed E-state index contributed by atoms with van der Waals surface area (Å²) in [5.41, 5.74) is 1.91. The Kier molecular flexibility index (Phi) is 4.17. The number of allylic oxidation sites excluding steroid dienone is 1. The van der Waals surface area contributed by atoms with Gasteiger partial charge < -0.3 is 4.74 Å². The predicted octanol–water partition coefficient (Wildman–Crippen LogP) is 2.80. The number of hydrogen-bond donors (Lipinski definition) is 0. The van der Waals surface area contributed by atoms with Gasteiger partial charge in [0, 0.05) is 24.0 Å². The van der Waals surface area contributed by atoms with E-state index in [0.29, 0.717) is 28.1 Å². The quantitative estimate of drug-likeness (QED) is 0.489. The first kappa shape index (κ1) is 15.9. The van der Waals surface area contributed by atoms with Crippen LogP contribution in [0.5, 0.6) is 0 Å². The Balaban J connectivity index is 2.79. The van der Waals surface area contributed by atoms with Crippen molar-refractivity contribution in [1.82, 2.24) is 0 Å². The van der Waals surface area contributed by atoms with Gasteiger partial charge in [-0.1, -0.05) is 13.8 Å². The fourth-order valence-corrected chi connectivity index (χ4v) is 2.66. The average Bonchev–Trinajstić information content (AvgIpc) is 2.71. The third-order valence-electron chi connectivity index (χ3n) is 3.64. The van der Waals surface area contributed by atoms with Gasteiger partial charge in [-0.25, -0.2) is 4.90 Å². The summed E-state index contributed by atoms with van der Waals surface area (Å²) in [5, 5.41) is 0. The van der Waals surface area contributed by atoms with E-state index < -0.39 is 5.91 Å². The number of methoxy groups -OCH3 is 1. The maximum absolute atomic E-state index is 12.7. The lowest BCUT2D eigenvalue weighted by atomic mass is 9.98. The Hall–Kier alpha value is -2.43. The molecule has 1 aliphatic heterocycles. The molecule has 2 amide bonds. The average molecular weight is 301 g/mol. The zero-order chi connectivity index (χ0) is 16.6. The molecule has 1 aromatic carbocycles. The standard InChI is InChI=1S/C17H19NO4/c1-9(2)16(22-5)15-13-8-12(10(3)19)6-7-14(13)18(11(4)20)17(15)21/h6-9H,1-5H3/b16-15+. The van der Waals surface area contributed by atoms with Gasteiger partial charge in [-0.15, -0.1) is 0 Å². The number of carbonyl (C=O) groups is 3. The molecular formula is C17H19NO4. The summed E-state index contributed by atoms with van der Waals surface area (Å²) >= 11 is 0. The molecule has 1 aliphatic rings. The van der Waals surface area contributed by atoms with E-state index in [1.54, 1.807) is 18.2 Å². The van der Waals surface area contributed by atoms with Crippen LogP contribution < -0.4 is 4.90 Å². The molecule has 0 saturated carbocycles. The maximum atomic E-state index is 12.7. The van der Waals surface area contributed by atoms with Gasteiger partial charge in [0.05, 0.1) is 18.4 Å². The third kappa shape index (κ3) is 2.43. The van der Waals surface area contributed by atoms with Crippen LogP contribution in [0.3, 0.4) is 0 Å². The highest BCUT2D eigenvalue weighted by Crippen LogP contribution is 2.40. The molecule has 0 fully saturated rings. The fourth-order valence-electron chi connectivity index (χ4n) is 2.66. The minimum Gasteiger partial charge on any atom is -0.500 e. The van der Waals surface area contributed by atoms with Crippen LogP contribution >= 0.6 is 0 Å². The van der Waals surface area contributed by atoms with Crippen molar-refractivity contribution in [2.45, 2.75) is 27.7 Å². The number of ether oxygens (including phenoxy) is 1. The number of amides is 2. The van der Waals surface area contributed by atoms with E-state index in [1.165, 1.54) is 21.0 Å². The summed E-state index contributed by atoms with van der Waals surface area (Å²) in [6.45, 7) is 6.61. The van der Waals surface area contributed by atoms with Crippen LogP contribution in [0.15, 0.2) is 24.0 Å². The Morgan fingerprint density at radius 3 is 2.27 bits per heavy atom. The van der Waals surface area contributed by atoms with E-state index in [2.05, 4.69) is 0 Å². The van der Waals surface area contributed by atoms with Gasteiger partial charge in [0.25, 0.3) is 5.91 Å². The van der Waals surface area contributed by atoms with Crippen molar-refractivity contribution in [2.24, 2.45) is 5.92 Å². The van der Waals surface area contributed by atoms with Crippen LogP contribution in [0.4, 0.5) is 5.69 Å². The molecule has 5 heteroatoms. The molecule has 0 unspecified atom stereocenters. The Labute approximate surface area is 129 Å². The van der Waals surface area contributed by atoms with Gasteiger partial charge in [-0.2, -0.15) is 0 Å². The highest BCUT2D eigenvalue weighted by atomic mass is 16.5. The van der Waals surface area contributed by atoms with E-state index in [1.807, 2.05) is 13.8 Å². The molecule has 1 heterocycles. The first-order valence-corrected chi connectivity index (χ1v) is 7.08. The van der Waals surface area contributed by atoms with E-state index in [0.717, 1.165) is 4.90 Å². The zero-order valence-corrected chi connectivity index (χ0v) is 13.4. The van der Waals surface area contributed by atoms with Gasteiger partial charge in [0.1, 0.15) is 5.76 Å². The summed E-state index contributed by atoms with van der Waals surface area (Å²) in [5.74, 6) is -0.385. The van der Waals surface area contributed by atoms with Crippen molar-refractivity contribution < 1.29 is 19.1 Å². The smallest absolute Gasteiger partial charge is 0.269 e. The van der Waals surface area contributed by atoms with Crippen molar-refractivity contribution in [1.29, 1.82) is 0 Å². The lowest BCUT2D eigenvalue weighted by Gasteiger charge is -2.14. The molecule has 116 valence electrons. The van der Waals surface area contributed by atoms with Gasteiger partial charge >= 0.3 is 0 Å². The maximum Gasteiger partial charge on any atom is 0.269 e. The zero-order valence-electron chi connectivity index (χ0n) is 13.4. The molecule has 0 atom stereocenters. The van der Waals surface area contributed by atoms with Crippen LogP contribution in [0, 0.1) is 5.92 Å². The summed E-state index contributed by atoms with van der Waals surface area (Å²) < 4.78 is 5.39. The number of hydrogen-bond acceptors (Lipinski definition) is 4. The first-order valence-electron chi connectivity index (χ1n) is 7.08. The van der Waals surface area contributed by atoms with Crippen LogP contribution in [0.1, 0.15) is 43.6 Å². The van der Waals surface area contributed by atoms with Gasteiger partial charge in [-0.05, 0) is 25.1 Å². The second-order valence-corrected chi connectivity index (χ2v) is 5.55. The van der Waals surface area contributed by atoms with E-state index in [-0.39, 0.29) is 17.6 Å². The summed E-state index contributed by atoms with van der Waals surface area (Å²) in [6, 6.07) is 4.90. The number of Topliss-reactive ketones (excluding diaryl/α,β-unsaturated/α-hetero) is 1. The molecular weight excluding hydrogens is 282 g/mol. The second-order valence-electron chi connectivity index (χ2n) is 5.55. The van der Waals surface area contributed by atoms with Crippen molar-refractivity contribution in [3.05, 3.63) is 35.1 Å². The van der Waals surface area contributed by atoms with E-state index in [9.17, 15) is 14.4 Å². The lowest BCUT2D eigenvalue weighted by Crippen LogP contribution is -2.31. The summed E-state index contributed by atoms with van der Waals surface area (Å²) in [6.07, 6.45) is 0. The number of ketones is 1. The Bertz CT molecular complexity index is 701. The Morgan fingerprint density at radius 1 is 1.18 bits per heavy atom. The fraction of sp³-hybridized carbons (Fsp3) is 0.353. The predicted molar refractivity (Wildman–Crippen MR) is 83.4 cm³/mol. The van der Waals surface area contributed by atoms with E-state index in [4.69, 9.17) is 4.74 Å². The molecule has 0 aromatic heterocycles. The van der Waals surface area contributed by atoms with Crippen LogP contribution in [0.2, 0.25) is 0 Å². The SMILES string of the molecule is CO/C(=C1/C(=O)N(C(C)=O)c2ccc(C(C)=O)cc21)C(C)C. The summed E-state index contributed by atoms with van der Waals surface area (Å²) in [7, 11) is 1.50. The van der Waals surface area contributed by atoms with Crippen molar-refractivity contribution in [2.75, 3.05) is 12.0 Å². The highest BCUT2D eigenvalue weighted by molar-refractivity contribution is 6.40. The van der Waals surface area contributed by atoms with Crippen LogP contribution in [0.25, 0.3) is 5.57 Å². The van der Waals surface area contributed by atoms with Gasteiger partial charge in [-0.3, -0.25) is 14.4 Å². The number of nitrogens with zero attached hydrogens (tertiary/aromatic N) is 1. The normalized spacial score (nSPS) is 15.9. The van der Waals surface area contributed by atoms with Crippen LogP contribution in [-0.2, 0) is 14.3 Å². The van der Waals surface area contributed by atoms with E-state index >= 15 is 0 Å². The second kappa shape index (κ2) is 5.75. The Morgan fingerprint density at radius 2 is 1.82 bits per heavy atom. The molecule has 22 heavy (non-hydrogen) atoms. The molecule has 0 spiro atoms. The minimum absolute atomic E-state index is 0.0234. The first-order chi connectivity index (χ1) is 10.3. The molecule has 0 radical (unpaired) electrons. The largest absolute Gasteiger partial charge is 0.500 e. The number of fused-ring (bicyclic) bond motifs is 1. The highest BCUT2D eigenvalue weighted by Gasteiger charge is 2.38. The molecule has 0 saturated heterocycles. The lowest BCUT2D eigenvalue weighted by molar-refractivity contribution is -0.122. The molecule has 0 aliphatic carbocycles. The van der Waals surface area contributed by atoms with Crippen molar-refractivity contribution >= 4 is 28.9 Å². The number of benzene rings is 1. The number of carbonyl (C=O) groups excluding carboxylic acids is 3. The van der Waals surface area contributed by atoms with Crippen LogP contribution in [-0.4, -0.2) is 24.7 Å². The number of anilines is 1. The van der Waals surface area contributed by atoms with Crippen molar-refractivity contribution in [3.63, 3.8) is 0 Å². The molecule has 0 N–H and O–H groups in total. The topological polar surface area (TPSA) is 63.7 Å². The number of rotatable bonds is 3. The van der Waals surface area contributed by atoms with Gasteiger partial charge in [0.15, 0.2) is 5.78 Å². The third-order valence-corrected chi connectivity index (χ3v) is 3.64. The van der Waals surface area contributed by atoms with Gasteiger partial charge in [0.2, 0.25) is 5.91 Å². The monoisotopic (exact) mass is 301 g/mol. The van der Waals surface area contributed by atoms with Crippen molar-refractivity contribution in [3.8, 4) is 0 Å². The molecule has 2 rings (SSSR count). The minimum atomic E-state index is -0.409. The number of imide groups is 1.